The predicted molar refractivity (Wildman–Crippen MR) is 121 cm³/mol. The summed E-state index contributed by atoms with van der Waals surface area (Å²) in [6.07, 6.45) is 0.0618. The first-order valence-electron chi connectivity index (χ1n) is 10.2. The molecule has 1 unspecified atom stereocenters. The van der Waals surface area contributed by atoms with Crippen LogP contribution in [0.2, 0.25) is 0 Å². The Morgan fingerprint density at radius 3 is 2.23 bits per heavy atom. The van der Waals surface area contributed by atoms with Gasteiger partial charge >= 0.3 is 0 Å². The lowest BCUT2D eigenvalue weighted by Gasteiger charge is -2.25. The van der Waals surface area contributed by atoms with Crippen LogP contribution in [0.5, 0.6) is 0 Å². The average Bonchev–Trinajstić information content (AvgIpc) is 2.95. The summed E-state index contributed by atoms with van der Waals surface area (Å²) < 4.78 is 28.3. The first-order chi connectivity index (χ1) is 15.0. The van der Waals surface area contributed by atoms with E-state index in [4.69, 9.17) is 0 Å². The topological polar surface area (TPSA) is 54.5 Å². The number of nitrogens with zero attached hydrogens (tertiary/aromatic N) is 1. The largest absolute Gasteiger partial charge is 0.273 e. The van der Waals surface area contributed by atoms with E-state index in [9.17, 15) is 13.2 Å². The third kappa shape index (κ3) is 3.51. The Labute approximate surface area is 181 Å². The van der Waals surface area contributed by atoms with E-state index < -0.39 is 15.9 Å². The number of fused-ring (bicyclic) bond motifs is 2. The lowest BCUT2D eigenvalue weighted by Crippen LogP contribution is -2.39. The van der Waals surface area contributed by atoms with E-state index in [1.165, 1.54) is 0 Å². The fourth-order valence-electron chi connectivity index (χ4n) is 4.31. The van der Waals surface area contributed by atoms with Crippen molar-refractivity contribution in [3.63, 3.8) is 0 Å². The van der Waals surface area contributed by atoms with Crippen LogP contribution in [0.1, 0.15) is 22.6 Å². The molecular formula is C26H21NO3S. The molecule has 4 aromatic carbocycles. The molecule has 154 valence electrons. The maximum absolute atomic E-state index is 13.6. The molecule has 1 aliphatic heterocycles. The van der Waals surface area contributed by atoms with Crippen molar-refractivity contribution in [2.24, 2.45) is 0 Å². The third-order valence-corrected chi connectivity index (χ3v) is 7.69. The quantitative estimate of drug-likeness (QED) is 0.474. The van der Waals surface area contributed by atoms with E-state index >= 15 is 0 Å². The fraction of sp³-hybridized carbons (Fsp3) is 0.115. The second-order valence-corrected chi connectivity index (χ2v) is 9.64. The summed E-state index contributed by atoms with van der Waals surface area (Å²) in [5.74, 6) is -0.627. The summed E-state index contributed by atoms with van der Waals surface area (Å²) in [6, 6.07) is 30.1. The molecule has 0 saturated carbocycles. The van der Waals surface area contributed by atoms with Crippen LogP contribution in [0.3, 0.4) is 0 Å². The van der Waals surface area contributed by atoms with Crippen molar-refractivity contribution < 1.29 is 13.2 Å². The van der Waals surface area contributed by atoms with Gasteiger partial charge in [0.2, 0.25) is 5.91 Å². The molecule has 0 aromatic heterocycles. The van der Waals surface area contributed by atoms with Gasteiger partial charge in [0.1, 0.15) is 0 Å². The summed E-state index contributed by atoms with van der Waals surface area (Å²) >= 11 is 0. The highest BCUT2D eigenvalue weighted by atomic mass is 32.2. The first kappa shape index (κ1) is 19.5. The van der Waals surface area contributed by atoms with Gasteiger partial charge in [-0.3, -0.25) is 4.79 Å². The Balaban J connectivity index is 1.62. The highest BCUT2D eigenvalue weighted by Crippen LogP contribution is 2.34. The number of amides is 1. The van der Waals surface area contributed by atoms with Crippen LogP contribution in [0.4, 0.5) is 0 Å². The summed E-state index contributed by atoms with van der Waals surface area (Å²) in [6.45, 7) is 0.0784. The number of sulfonamides is 1. The normalized spacial score (nSPS) is 16.7. The van der Waals surface area contributed by atoms with Crippen molar-refractivity contribution in [3.8, 4) is 0 Å². The maximum atomic E-state index is 13.6. The van der Waals surface area contributed by atoms with Gasteiger partial charge in [0.15, 0.2) is 0 Å². The van der Waals surface area contributed by atoms with E-state index in [0.29, 0.717) is 0 Å². The van der Waals surface area contributed by atoms with Gasteiger partial charge in [-0.1, -0.05) is 84.9 Å². The molecule has 1 amide bonds. The van der Waals surface area contributed by atoms with Gasteiger partial charge in [-0.05, 0) is 39.6 Å². The van der Waals surface area contributed by atoms with Crippen molar-refractivity contribution in [2.75, 3.05) is 6.54 Å². The number of rotatable bonds is 3. The smallest absolute Gasteiger partial charge is 0.266 e. The minimum atomic E-state index is -4.00. The average molecular weight is 428 g/mol. The van der Waals surface area contributed by atoms with Crippen LogP contribution in [0, 0.1) is 0 Å². The van der Waals surface area contributed by atoms with Gasteiger partial charge < -0.3 is 0 Å². The van der Waals surface area contributed by atoms with Crippen LogP contribution in [0.15, 0.2) is 102 Å². The fourth-order valence-corrected chi connectivity index (χ4v) is 5.76. The number of carbonyl (C=O) groups is 1. The monoisotopic (exact) mass is 427 g/mol. The minimum Gasteiger partial charge on any atom is -0.273 e. The molecule has 4 aromatic rings. The standard InChI is InChI=1S/C26H21NO3S/c28-26-17-22-12-6-7-13-24(22)25(20-9-2-1-3-10-20)18-27(26)31(29,30)23-15-14-19-8-4-5-11-21(19)16-23/h1-16,25H,17-18H2. The van der Waals surface area contributed by atoms with E-state index in [1.807, 2.05) is 78.9 Å². The van der Waals surface area contributed by atoms with Crippen LogP contribution in [0.25, 0.3) is 10.8 Å². The molecule has 0 radical (unpaired) electrons. The Hall–Kier alpha value is -3.44. The Bertz CT molecular complexity index is 1380. The van der Waals surface area contributed by atoms with Gasteiger partial charge in [-0.2, -0.15) is 0 Å². The number of benzene rings is 4. The predicted octanol–water partition coefficient (Wildman–Crippen LogP) is 4.75. The summed E-state index contributed by atoms with van der Waals surface area (Å²) in [5, 5.41) is 1.78. The highest BCUT2D eigenvalue weighted by Gasteiger charge is 2.36. The SMILES string of the molecule is O=C1Cc2ccccc2C(c2ccccc2)CN1S(=O)(=O)c1ccc2ccccc2c1. The molecule has 0 N–H and O–H groups in total. The summed E-state index contributed by atoms with van der Waals surface area (Å²) in [4.78, 5) is 13.3. The highest BCUT2D eigenvalue weighted by molar-refractivity contribution is 7.89. The number of hydrogen-bond acceptors (Lipinski definition) is 3. The van der Waals surface area contributed by atoms with Gasteiger partial charge in [-0.25, -0.2) is 12.7 Å². The molecule has 0 fully saturated rings. The molecule has 4 nitrogen and oxygen atoms in total. The lowest BCUT2D eigenvalue weighted by molar-refractivity contribution is -0.125. The summed E-state index contributed by atoms with van der Waals surface area (Å²) in [7, 11) is -4.00. The Morgan fingerprint density at radius 1 is 0.742 bits per heavy atom. The van der Waals surface area contributed by atoms with E-state index in [-0.39, 0.29) is 23.8 Å². The van der Waals surface area contributed by atoms with Crippen LogP contribution >= 0.6 is 0 Å². The minimum absolute atomic E-state index is 0.0618. The zero-order chi connectivity index (χ0) is 21.4. The van der Waals surface area contributed by atoms with Crippen LogP contribution in [-0.2, 0) is 21.2 Å². The lowest BCUT2D eigenvalue weighted by atomic mass is 9.88. The molecule has 0 spiro atoms. The van der Waals surface area contributed by atoms with Crippen LogP contribution < -0.4 is 0 Å². The first-order valence-corrected chi connectivity index (χ1v) is 11.7. The molecule has 0 saturated heterocycles. The van der Waals surface area contributed by atoms with E-state index in [1.54, 1.807) is 18.2 Å². The van der Waals surface area contributed by atoms with Crippen molar-refractivity contribution in [1.29, 1.82) is 0 Å². The molecule has 5 heteroatoms. The zero-order valence-electron chi connectivity index (χ0n) is 16.8. The van der Waals surface area contributed by atoms with Gasteiger partial charge in [0, 0.05) is 12.5 Å². The second kappa shape index (κ2) is 7.67. The number of carbonyl (C=O) groups excluding carboxylic acids is 1. The van der Waals surface area contributed by atoms with Gasteiger partial charge in [0.25, 0.3) is 10.0 Å². The summed E-state index contributed by atoms with van der Waals surface area (Å²) in [5.41, 5.74) is 2.86. The molecule has 5 rings (SSSR count). The van der Waals surface area contributed by atoms with Crippen molar-refractivity contribution in [1.82, 2.24) is 4.31 Å². The van der Waals surface area contributed by atoms with E-state index in [2.05, 4.69) is 0 Å². The van der Waals surface area contributed by atoms with E-state index in [0.717, 1.165) is 31.8 Å². The Morgan fingerprint density at radius 2 is 1.42 bits per heavy atom. The maximum Gasteiger partial charge on any atom is 0.266 e. The molecule has 0 aliphatic carbocycles. The molecular weight excluding hydrogens is 406 g/mol. The Kier molecular flexibility index (Phi) is 4.83. The zero-order valence-corrected chi connectivity index (χ0v) is 17.6. The molecule has 1 heterocycles. The molecule has 31 heavy (non-hydrogen) atoms. The van der Waals surface area contributed by atoms with Crippen LogP contribution in [-0.4, -0.2) is 25.2 Å². The molecule has 1 aliphatic rings. The van der Waals surface area contributed by atoms with Crippen molar-refractivity contribution in [2.45, 2.75) is 17.2 Å². The van der Waals surface area contributed by atoms with Crippen molar-refractivity contribution >= 4 is 26.7 Å². The second-order valence-electron chi connectivity index (χ2n) is 7.78. The third-order valence-electron chi connectivity index (χ3n) is 5.91. The van der Waals surface area contributed by atoms with Gasteiger partial charge in [-0.15, -0.1) is 0 Å². The molecule has 0 bridgehead atoms. The van der Waals surface area contributed by atoms with Gasteiger partial charge in [0.05, 0.1) is 11.3 Å². The molecule has 1 atom stereocenters. The number of hydrogen-bond donors (Lipinski definition) is 0. The van der Waals surface area contributed by atoms with Crippen molar-refractivity contribution in [3.05, 3.63) is 114 Å².